The maximum atomic E-state index is 12.1. The van der Waals surface area contributed by atoms with Crippen LogP contribution in [0, 0.1) is 0 Å². The summed E-state index contributed by atoms with van der Waals surface area (Å²) in [5.41, 5.74) is 4.43. The molecule has 2 aromatic carbocycles. The van der Waals surface area contributed by atoms with Gasteiger partial charge in [-0.1, -0.05) is 30.3 Å². The number of carbonyl (C=O) groups is 2. The number of pyridine rings is 1. The van der Waals surface area contributed by atoms with Gasteiger partial charge in [0.25, 0.3) is 5.91 Å². The first kappa shape index (κ1) is 20.5. The average Bonchev–Trinajstić information content (AvgIpc) is 2.79. The van der Waals surface area contributed by atoms with Gasteiger partial charge in [-0.2, -0.15) is 5.10 Å². The number of rotatable bonds is 7. The number of esters is 1. The Kier molecular flexibility index (Phi) is 7.05. The molecule has 0 bridgehead atoms. The second-order valence-corrected chi connectivity index (χ2v) is 6.01. The number of nitrogens with zero attached hydrogens (tertiary/aromatic N) is 2. The Balaban J connectivity index is 1.62. The lowest BCUT2D eigenvalue weighted by Crippen LogP contribution is -2.17. The molecule has 0 fully saturated rings. The van der Waals surface area contributed by atoms with Gasteiger partial charge in [0.1, 0.15) is 0 Å². The minimum Gasteiger partial charge on any atom is -0.493 e. The van der Waals surface area contributed by atoms with Crippen molar-refractivity contribution in [2.75, 3.05) is 7.11 Å². The van der Waals surface area contributed by atoms with E-state index in [0.29, 0.717) is 16.9 Å². The number of hydrogen-bond donors (Lipinski definition) is 1. The molecule has 1 heterocycles. The van der Waals surface area contributed by atoms with E-state index in [0.717, 1.165) is 5.56 Å². The molecule has 30 heavy (non-hydrogen) atoms. The van der Waals surface area contributed by atoms with Crippen LogP contribution in [0.4, 0.5) is 0 Å². The lowest BCUT2D eigenvalue weighted by molar-refractivity contribution is -0.129. The molecule has 7 heteroatoms. The van der Waals surface area contributed by atoms with E-state index in [4.69, 9.17) is 9.47 Å². The van der Waals surface area contributed by atoms with Crippen molar-refractivity contribution in [3.63, 3.8) is 0 Å². The third-order valence-electron chi connectivity index (χ3n) is 3.93. The number of carbonyl (C=O) groups excluding carboxylic acids is 2. The zero-order valence-electron chi connectivity index (χ0n) is 16.2. The molecule has 0 atom stereocenters. The Morgan fingerprint density at radius 3 is 2.47 bits per heavy atom. The maximum Gasteiger partial charge on any atom is 0.336 e. The van der Waals surface area contributed by atoms with E-state index in [2.05, 4.69) is 15.5 Å². The summed E-state index contributed by atoms with van der Waals surface area (Å²) in [6.45, 7) is 0. The molecular formula is C23H19N3O4. The van der Waals surface area contributed by atoms with E-state index in [9.17, 15) is 9.59 Å². The Morgan fingerprint density at radius 2 is 1.73 bits per heavy atom. The highest BCUT2D eigenvalue weighted by Gasteiger charge is 2.09. The van der Waals surface area contributed by atoms with Gasteiger partial charge in [0, 0.05) is 24.0 Å². The van der Waals surface area contributed by atoms with Gasteiger partial charge >= 0.3 is 5.97 Å². The highest BCUT2D eigenvalue weighted by atomic mass is 16.6. The minimum atomic E-state index is -0.525. The minimum absolute atomic E-state index is 0.276. The largest absolute Gasteiger partial charge is 0.493 e. The molecule has 7 nitrogen and oxygen atoms in total. The number of hydrazone groups is 1. The van der Waals surface area contributed by atoms with Crippen molar-refractivity contribution in [1.82, 2.24) is 10.4 Å². The van der Waals surface area contributed by atoms with Gasteiger partial charge in [0.05, 0.1) is 13.3 Å². The molecule has 0 spiro atoms. The lowest BCUT2D eigenvalue weighted by Gasteiger charge is -2.08. The highest BCUT2D eigenvalue weighted by Crippen LogP contribution is 2.27. The second kappa shape index (κ2) is 10.3. The summed E-state index contributed by atoms with van der Waals surface area (Å²) in [6.07, 6.45) is 7.53. The van der Waals surface area contributed by atoms with E-state index >= 15 is 0 Å². The topological polar surface area (TPSA) is 89.9 Å². The molecule has 150 valence electrons. The average molecular weight is 401 g/mol. The normalized spacial score (nSPS) is 10.8. The first-order valence-corrected chi connectivity index (χ1v) is 9.02. The zero-order valence-corrected chi connectivity index (χ0v) is 16.2. The van der Waals surface area contributed by atoms with Gasteiger partial charge in [-0.25, -0.2) is 10.2 Å². The van der Waals surface area contributed by atoms with Crippen molar-refractivity contribution in [2.24, 2.45) is 5.10 Å². The number of methoxy groups -OCH3 is 1. The molecule has 0 saturated carbocycles. The Hall–Kier alpha value is -4.26. The van der Waals surface area contributed by atoms with E-state index < -0.39 is 5.97 Å². The zero-order chi connectivity index (χ0) is 21.2. The first-order valence-electron chi connectivity index (χ1n) is 9.02. The van der Waals surface area contributed by atoms with Gasteiger partial charge in [-0.3, -0.25) is 9.78 Å². The standard InChI is InChI=1S/C23H19N3O4/c1-29-21-15-18(16-25-26-23(28)19-11-13-24-14-12-19)7-9-20(21)30-22(27)10-8-17-5-3-2-4-6-17/h2-16H,1H3,(H,26,28)/b10-8+,25-16+. The van der Waals surface area contributed by atoms with E-state index in [1.807, 2.05) is 30.3 Å². The van der Waals surface area contributed by atoms with Crippen molar-refractivity contribution in [3.05, 3.63) is 95.8 Å². The molecular weight excluding hydrogens is 382 g/mol. The molecule has 0 saturated heterocycles. The van der Waals surface area contributed by atoms with Crippen LogP contribution in [0.15, 0.2) is 84.2 Å². The fraction of sp³-hybridized carbons (Fsp3) is 0.0435. The van der Waals surface area contributed by atoms with Crippen molar-refractivity contribution in [1.29, 1.82) is 0 Å². The first-order chi connectivity index (χ1) is 14.7. The lowest BCUT2D eigenvalue weighted by atomic mass is 10.2. The van der Waals surface area contributed by atoms with Crippen molar-refractivity contribution < 1.29 is 19.1 Å². The van der Waals surface area contributed by atoms with Gasteiger partial charge in [-0.15, -0.1) is 0 Å². The molecule has 0 aliphatic rings. The number of benzene rings is 2. The van der Waals surface area contributed by atoms with Crippen molar-refractivity contribution in [3.8, 4) is 11.5 Å². The van der Waals surface area contributed by atoms with Crippen LogP contribution in [-0.2, 0) is 4.79 Å². The number of amides is 1. The van der Waals surface area contributed by atoms with Crippen LogP contribution >= 0.6 is 0 Å². The third kappa shape index (κ3) is 5.87. The van der Waals surface area contributed by atoms with Crippen LogP contribution in [0.3, 0.4) is 0 Å². The summed E-state index contributed by atoms with van der Waals surface area (Å²) in [4.78, 5) is 27.9. The number of ether oxygens (including phenoxy) is 2. The fourth-order valence-corrected chi connectivity index (χ4v) is 2.45. The smallest absolute Gasteiger partial charge is 0.336 e. The predicted molar refractivity (Wildman–Crippen MR) is 113 cm³/mol. The van der Waals surface area contributed by atoms with E-state index in [1.54, 1.807) is 36.4 Å². The summed E-state index contributed by atoms with van der Waals surface area (Å²) >= 11 is 0. The van der Waals surface area contributed by atoms with Crippen LogP contribution in [-0.4, -0.2) is 30.2 Å². The molecule has 1 amide bonds. The molecule has 0 aliphatic carbocycles. The fourth-order valence-electron chi connectivity index (χ4n) is 2.45. The second-order valence-electron chi connectivity index (χ2n) is 6.01. The van der Waals surface area contributed by atoms with Crippen LogP contribution in [0.1, 0.15) is 21.5 Å². The molecule has 1 aromatic heterocycles. The van der Waals surface area contributed by atoms with Gasteiger partial charge in [-0.05, 0) is 47.5 Å². The van der Waals surface area contributed by atoms with Crippen LogP contribution in [0.2, 0.25) is 0 Å². The van der Waals surface area contributed by atoms with E-state index in [-0.39, 0.29) is 11.7 Å². The molecule has 3 aromatic rings. The highest BCUT2D eigenvalue weighted by molar-refractivity contribution is 5.94. The van der Waals surface area contributed by atoms with Crippen LogP contribution in [0.25, 0.3) is 6.08 Å². The quantitative estimate of drug-likeness (QED) is 0.215. The van der Waals surface area contributed by atoms with Gasteiger partial charge in [0.15, 0.2) is 11.5 Å². The summed E-state index contributed by atoms with van der Waals surface area (Å²) in [5, 5.41) is 3.93. The maximum absolute atomic E-state index is 12.1. The van der Waals surface area contributed by atoms with Gasteiger partial charge < -0.3 is 9.47 Å². The monoisotopic (exact) mass is 401 g/mol. The summed E-state index contributed by atoms with van der Waals surface area (Å²) in [7, 11) is 1.47. The number of aromatic nitrogens is 1. The summed E-state index contributed by atoms with van der Waals surface area (Å²) in [5.74, 6) is -0.237. The summed E-state index contributed by atoms with van der Waals surface area (Å²) in [6, 6.07) is 17.5. The molecule has 0 radical (unpaired) electrons. The van der Waals surface area contributed by atoms with Crippen LogP contribution in [0.5, 0.6) is 11.5 Å². The number of hydrogen-bond acceptors (Lipinski definition) is 6. The Morgan fingerprint density at radius 1 is 0.967 bits per heavy atom. The predicted octanol–water partition coefficient (Wildman–Crippen LogP) is 3.47. The Bertz CT molecular complexity index is 1060. The van der Waals surface area contributed by atoms with Gasteiger partial charge in [0.2, 0.25) is 0 Å². The third-order valence-corrected chi connectivity index (χ3v) is 3.93. The summed E-state index contributed by atoms with van der Waals surface area (Å²) < 4.78 is 10.6. The molecule has 3 rings (SSSR count). The molecule has 1 N–H and O–H groups in total. The van der Waals surface area contributed by atoms with Crippen LogP contribution < -0.4 is 14.9 Å². The van der Waals surface area contributed by atoms with Crippen molar-refractivity contribution >= 4 is 24.2 Å². The van der Waals surface area contributed by atoms with Crippen molar-refractivity contribution in [2.45, 2.75) is 0 Å². The Labute approximate surface area is 173 Å². The number of nitrogens with one attached hydrogen (secondary N) is 1. The van der Waals surface area contributed by atoms with E-state index in [1.165, 1.54) is 31.8 Å². The molecule has 0 aliphatic heterocycles. The SMILES string of the molecule is COc1cc(/C=N/NC(=O)c2ccncc2)ccc1OC(=O)/C=C/c1ccccc1. The molecule has 0 unspecified atom stereocenters.